The molecule has 0 radical (unpaired) electrons. The lowest BCUT2D eigenvalue weighted by Crippen LogP contribution is -2.32. The number of benzene rings is 4. The summed E-state index contributed by atoms with van der Waals surface area (Å²) in [5.74, 6) is -1.30. The van der Waals surface area contributed by atoms with Crippen LogP contribution in [-0.2, 0) is 16.0 Å². The molecule has 0 spiro atoms. The predicted molar refractivity (Wildman–Crippen MR) is 129 cm³/mol. The molecule has 1 heterocycles. The first-order valence-corrected chi connectivity index (χ1v) is 10.8. The molecule has 4 nitrogen and oxygen atoms in total. The first kappa shape index (κ1) is 20.6. The molecule has 1 aliphatic heterocycles. The Labute approximate surface area is 191 Å². The van der Waals surface area contributed by atoms with E-state index in [1.807, 2.05) is 61.5 Å². The fourth-order valence-corrected chi connectivity index (χ4v) is 4.11. The Morgan fingerprint density at radius 2 is 1.48 bits per heavy atom. The van der Waals surface area contributed by atoms with Gasteiger partial charge in [-0.05, 0) is 53.3 Å². The standard InChI is InChI=1S/C28H21FN2O2/c1-2-18-10-16-22(17-11-18)31-27(32)25(20-12-14-21(29)15-13-20)26(28(31)33)30-24-9-5-7-19-6-3-4-8-23(19)24/h3-17,30H,2H2,1H3. The first-order chi connectivity index (χ1) is 16.1. The number of carbonyl (C=O) groups is 2. The summed E-state index contributed by atoms with van der Waals surface area (Å²) in [7, 11) is 0. The molecular weight excluding hydrogens is 415 g/mol. The Bertz CT molecular complexity index is 1400. The fourth-order valence-electron chi connectivity index (χ4n) is 4.11. The summed E-state index contributed by atoms with van der Waals surface area (Å²) in [4.78, 5) is 28.3. The Hall–Kier alpha value is -4.25. The molecule has 0 bridgehead atoms. The minimum atomic E-state index is -0.448. The summed E-state index contributed by atoms with van der Waals surface area (Å²) in [5.41, 5.74) is 3.18. The van der Waals surface area contributed by atoms with Crippen molar-refractivity contribution in [2.75, 3.05) is 10.2 Å². The first-order valence-electron chi connectivity index (χ1n) is 10.8. The van der Waals surface area contributed by atoms with E-state index in [0.717, 1.165) is 22.8 Å². The number of anilines is 2. The van der Waals surface area contributed by atoms with Crippen LogP contribution in [0.2, 0.25) is 0 Å². The molecule has 162 valence electrons. The lowest BCUT2D eigenvalue weighted by atomic mass is 10.0. The summed E-state index contributed by atoms with van der Waals surface area (Å²) < 4.78 is 13.6. The second-order valence-electron chi connectivity index (χ2n) is 7.87. The lowest BCUT2D eigenvalue weighted by molar-refractivity contribution is -0.120. The molecule has 0 saturated carbocycles. The molecule has 1 aliphatic rings. The van der Waals surface area contributed by atoms with Gasteiger partial charge in [-0.1, -0.05) is 67.6 Å². The van der Waals surface area contributed by atoms with E-state index in [4.69, 9.17) is 0 Å². The molecule has 0 saturated heterocycles. The van der Waals surface area contributed by atoms with E-state index >= 15 is 0 Å². The van der Waals surface area contributed by atoms with Crippen molar-refractivity contribution in [2.45, 2.75) is 13.3 Å². The summed E-state index contributed by atoms with van der Waals surface area (Å²) in [5, 5.41) is 5.16. The van der Waals surface area contributed by atoms with Crippen molar-refractivity contribution in [1.82, 2.24) is 0 Å². The van der Waals surface area contributed by atoms with E-state index in [9.17, 15) is 14.0 Å². The zero-order chi connectivity index (χ0) is 22.9. The zero-order valence-electron chi connectivity index (χ0n) is 18.0. The Morgan fingerprint density at radius 3 is 2.21 bits per heavy atom. The highest BCUT2D eigenvalue weighted by molar-refractivity contribution is 6.46. The van der Waals surface area contributed by atoms with Crippen LogP contribution in [0.4, 0.5) is 15.8 Å². The second-order valence-corrected chi connectivity index (χ2v) is 7.87. The smallest absolute Gasteiger partial charge is 0.282 e. The lowest BCUT2D eigenvalue weighted by Gasteiger charge is -2.16. The van der Waals surface area contributed by atoms with E-state index < -0.39 is 17.6 Å². The van der Waals surface area contributed by atoms with Gasteiger partial charge in [-0.2, -0.15) is 0 Å². The van der Waals surface area contributed by atoms with Crippen LogP contribution in [0.3, 0.4) is 0 Å². The molecule has 5 rings (SSSR count). The number of halogens is 1. The van der Waals surface area contributed by atoms with Crippen molar-refractivity contribution >= 4 is 39.5 Å². The van der Waals surface area contributed by atoms with Gasteiger partial charge in [0.2, 0.25) is 0 Å². The van der Waals surface area contributed by atoms with E-state index in [-0.39, 0.29) is 11.3 Å². The molecule has 1 N–H and O–H groups in total. The van der Waals surface area contributed by atoms with Gasteiger partial charge in [0.1, 0.15) is 11.5 Å². The minimum Gasteiger partial charge on any atom is -0.350 e. The largest absolute Gasteiger partial charge is 0.350 e. The van der Waals surface area contributed by atoms with Crippen molar-refractivity contribution < 1.29 is 14.0 Å². The van der Waals surface area contributed by atoms with Crippen LogP contribution in [-0.4, -0.2) is 11.8 Å². The van der Waals surface area contributed by atoms with Gasteiger partial charge >= 0.3 is 0 Å². The van der Waals surface area contributed by atoms with Crippen LogP contribution in [0.15, 0.2) is 96.7 Å². The number of imide groups is 1. The molecule has 4 aromatic rings. The van der Waals surface area contributed by atoms with E-state index in [1.54, 1.807) is 12.1 Å². The van der Waals surface area contributed by atoms with Gasteiger partial charge in [0.25, 0.3) is 11.8 Å². The van der Waals surface area contributed by atoms with Crippen molar-refractivity contribution in [1.29, 1.82) is 0 Å². The Kier molecular flexibility index (Phi) is 5.23. The summed E-state index contributed by atoms with van der Waals surface area (Å²) in [6, 6.07) is 26.5. The highest BCUT2D eigenvalue weighted by atomic mass is 19.1. The third-order valence-corrected chi connectivity index (χ3v) is 5.87. The molecule has 0 unspecified atom stereocenters. The number of hydrogen-bond acceptors (Lipinski definition) is 3. The number of nitrogens with one attached hydrogen (secondary N) is 1. The molecule has 0 atom stereocenters. The third-order valence-electron chi connectivity index (χ3n) is 5.87. The van der Waals surface area contributed by atoms with Crippen LogP contribution >= 0.6 is 0 Å². The molecule has 4 aromatic carbocycles. The number of fused-ring (bicyclic) bond motifs is 1. The van der Waals surface area contributed by atoms with Gasteiger partial charge < -0.3 is 5.32 Å². The van der Waals surface area contributed by atoms with Gasteiger partial charge in [-0.25, -0.2) is 9.29 Å². The summed E-state index contributed by atoms with van der Waals surface area (Å²) in [6.07, 6.45) is 0.856. The average Bonchev–Trinajstić information content (AvgIpc) is 3.09. The summed E-state index contributed by atoms with van der Waals surface area (Å²) >= 11 is 0. The van der Waals surface area contributed by atoms with Crippen molar-refractivity contribution in [3.63, 3.8) is 0 Å². The highest BCUT2D eigenvalue weighted by Gasteiger charge is 2.40. The number of aryl methyl sites for hydroxylation is 1. The maximum Gasteiger partial charge on any atom is 0.282 e. The molecule has 0 fully saturated rings. The fraction of sp³-hybridized carbons (Fsp3) is 0.0714. The summed E-state index contributed by atoms with van der Waals surface area (Å²) in [6.45, 7) is 2.04. The van der Waals surface area contributed by atoms with E-state index in [2.05, 4.69) is 5.32 Å². The molecule has 2 amide bonds. The maximum absolute atomic E-state index is 13.6. The topological polar surface area (TPSA) is 49.4 Å². The molecule has 33 heavy (non-hydrogen) atoms. The molecule has 0 aliphatic carbocycles. The van der Waals surface area contributed by atoms with Gasteiger partial charge in [0.05, 0.1) is 11.3 Å². The van der Waals surface area contributed by atoms with E-state index in [0.29, 0.717) is 16.9 Å². The Balaban J connectivity index is 1.63. The van der Waals surface area contributed by atoms with Crippen LogP contribution < -0.4 is 10.2 Å². The normalized spacial score (nSPS) is 13.8. The monoisotopic (exact) mass is 436 g/mol. The van der Waals surface area contributed by atoms with Crippen molar-refractivity contribution in [3.05, 3.63) is 114 Å². The van der Waals surface area contributed by atoms with Crippen LogP contribution in [0.1, 0.15) is 18.1 Å². The number of amides is 2. The zero-order valence-corrected chi connectivity index (χ0v) is 18.0. The van der Waals surface area contributed by atoms with Gasteiger partial charge in [-0.3, -0.25) is 9.59 Å². The molecule has 0 aromatic heterocycles. The number of carbonyl (C=O) groups excluding carboxylic acids is 2. The van der Waals surface area contributed by atoms with Crippen molar-refractivity contribution in [3.8, 4) is 0 Å². The van der Waals surface area contributed by atoms with Crippen LogP contribution in [0, 0.1) is 5.82 Å². The minimum absolute atomic E-state index is 0.169. The van der Waals surface area contributed by atoms with Gasteiger partial charge in [-0.15, -0.1) is 0 Å². The van der Waals surface area contributed by atoms with E-state index in [1.165, 1.54) is 29.2 Å². The maximum atomic E-state index is 13.6. The number of rotatable bonds is 5. The van der Waals surface area contributed by atoms with Gasteiger partial charge in [0, 0.05) is 11.1 Å². The quantitative estimate of drug-likeness (QED) is 0.394. The van der Waals surface area contributed by atoms with Crippen LogP contribution in [0.5, 0.6) is 0 Å². The molecular formula is C28H21FN2O2. The van der Waals surface area contributed by atoms with Crippen molar-refractivity contribution in [2.24, 2.45) is 0 Å². The SMILES string of the molecule is CCc1ccc(N2C(=O)C(Nc3cccc4ccccc34)=C(c3ccc(F)cc3)C2=O)cc1. The van der Waals surface area contributed by atoms with Crippen LogP contribution in [0.25, 0.3) is 16.3 Å². The third kappa shape index (κ3) is 3.68. The van der Waals surface area contributed by atoms with Gasteiger partial charge in [0.15, 0.2) is 0 Å². The second kappa shape index (κ2) is 8.36. The highest BCUT2D eigenvalue weighted by Crippen LogP contribution is 2.35. The number of hydrogen-bond donors (Lipinski definition) is 1. The Morgan fingerprint density at radius 1 is 0.788 bits per heavy atom. The number of nitrogens with zero attached hydrogens (tertiary/aromatic N) is 1. The average molecular weight is 436 g/mol. The molecule has 5 heteroatoms. The predicted octanol–water partition coefficient (Wildman–Crippen LogP) is 5.94.